The molecule has 0 saturated heterocycles. The minimum atomic E-state index is -0.710. The van der Waals surface area contributed by atoms with Gasteiger partial charge in [0.1, 0.15) is 0 Å². The number of carbonyl (C=O) groups is 1. The smallest absolute Gasteiger partial charge is 0.158 e. The Bertz CT molecular complexity index is 3580. The molecular formula is C60H41NO. The Labute approximate surface area is 360 Å². The molecule has 0 aromatic heterocycles. The van der Waals surface area contributed by atoms with E-state index in [1.165, 1.54) is 82.2 Å². The van der Waals surface area contributed by atoms with Crippen LogP contribution in [0.2, 0.25) is 0 Å². The highest BCUT2D eigenvalue weighted by Gasteiger charge is 2.69. The maximum atomic E-state index is 14.7. The largest absolute Gasteiger partial charge is 0.298 e. The van der Waals surface area contributed by atoms with E-state index >= 15 is 0 Å². The average molecular weight is 792 g/mol. The zero-order valence-electron chi connectivity index (χ0n) is 34.4. The zero-order chi connectivity index (χ0) is 41.1. The Kier molecular flexibility index (Phi) is 7.58. The number of nitrogens with zero attached hydrogens (tertiary/aromatic N) is 1. The first-order valence-corrected chi connectivity index (χ1v) is 22.0. The standard InChI is InChI=1S/C60H41NO/c1-2-53-51-35-44-33-40(27-29-46(44)58-59(62)60(58,45-17-4-3-5-18-45)52-21-12-22-54(61-53)57(51)52)41-28-30-49-50(34-41)56(43-26-24-37-14-7-9-16-39(37)32-43)48-20-11-10-19-47(48)55(49)42-25-23-36-13-6-8-15-38(36)31-42/h3-34,51,58H,2,35H2,1H3. The van der Waals surface area contributed by atoms with E-state index in [9.17, 15) is 4.79 Å². The van der Waals surface area contributed by atoms with Crippen LogP contribution in [0.3, 0.4) is 0 Å². The second-order valence-electron chi connectivity index (χ2n) is 17.5. The second kappa shape index (κ2) is 13.3. The summed E-state index contributed by atoms with van der Waals surface area (Å²) in [4.78, 5) is 19.9. The summed E-state index contributed by atoms with van der Waals surface area (Å²) in [5.74, 6) is 0.178. The molecule has 2 aliphatic carbocycles. The molecule has 62 heavy (non-hydrogen) atoms. The van der Waals surface area contributed by atoms with E-state index in [1.54, 1.807) is 0 Å². The van der Waals surface area contributed by atoms with Crippen molar-refractivity contribution in [3.63, 3.8) is 0 Å². The minimum Gasteiger partial charge on any atom is -0.298 e. The number of rotatable bonds is 5. The monoisotopic (exact) mass is 791 g/mol. The molecule has 1 aliphatic heterocycles. The molecule has 3 aliphatic rings. The van der Waals surface area contributed by atoms with Crippen LogP contribution in [0.25, 0.3) is 76.5 Å². The van der Waals surface area contributed by atoms with Crippen LogP contribution in [0.4, 0.5) is 5.69 Å². The van der Waals surface area contributed by atoms with Crippen molar-refractivity contribution in [3.05, 3.63) is 222 Å². The van der Waals surface area contributed by atoms with Crippen LogP contribution >= 0.6 is 0 Å². The minimum absolute atomic E-state index is 0.127. The normalized spacial score (nSPS) is 18.6. The van der Waals surface area contributed by atoms with Gasteiger partial charge >= 0.3 is 0 Å². The fourth-order valence-electron chi connectivity index (χ4n) is 11.6. The van der Waals surface area contributed by atoms with Crippen molar-refractivity contribution in [2.75, 3.05) is 0 Å². The van der Waals surface area contributed by atoms with E-state index in [0.717, 1.165) is 46.3 Å². The van der Waals surface area contributed by atoms with Crippen LogP contribution in [-0.4, -0.2) is 11.5 Å². The Morgan fingerprint density at radius 2 is 1.10 bits per heavy atom. The molecule has 0 radical (unpaired) electrons. The number of carbonyl (C=O) groups excluding carboxylic acids is 1. The first-order valence-electron chi connectivity index (χ1n) is 22.0. The summed E-state index contributed by atoms with van der Waals surface area (Å²) < 4.78 is 0. The molecule has 1 saturated carbocycles. The summed E-state index contributed by atoms with van der Waals surface area (Å²) in [5.41, 5.74) is 14.6. The van der Waals surface area contributed by atoms with Gasteiger partial charge in [0.2, 0.25) is 0 Å². The highest BCUT2D eigenvalue weighted by atomic mass is 16.1. The van der Waals surface area contributed by atoms with Crippen LogP contribution in [-0.2, 0) is 16.6 Å². The molecule has 2 heteroatoms. The van der Waals surface area contributed by atoms with E-state index in [2.05, 4.69) is 195 Å². The van der Waals surface area contributed by atoms with Crippen LogP contribution < -0.4 is 0 Å². The zero-order valence-corrected chi connectivity index (χ0v) is 34.4. The van der Waals surface area contributed by atoms with E-state index in [4.69, 9.17) is 4.99 Å². The van der Waals surface area contributed by atoms with E-state index in [-0.39, 0.29) is 17.6 Å². The highest BCUT2D eigenvalue weighted by molar-refractivity contribution is 6.23. The number of Topliss-reactive ketones (excluding diaryl/α,β-unsaturated/α-hetero) is 1. The van der Waals surface area contributed by atoms with Crippen LogP contribution in [0, 0.1) is 0 Å². The summed E-state index contributed by atoms with van der Waals surface area (Å²) in [7, 11) is 0. The topological polar surface area (TPSA) is 29.4 Å². The number of benzene rings is 10. The molecule has 3 atom stereocenters. The van der Waals surface area contributed by atoms with Crippen molar-refractivity contribution in [1.29, 1.82) is 0 Å². The van der Waals surface area contributed by atoms with Gasteiger partial charge in [0.05, 0.1) is 17.0 Å². The van der Waals surface area contributed by atoms with Gasteiger partial charge in [-0.05, 0) is 141 Å². The SMILES string of the molecule is CCC1=Nc2cccc3c2C1Cc1cc(-c2ccc4c(-c5ccc6ccccc6c5)c5ccccc5c(-c5ccc6ccccc6c5)c4c2)ccc1C1C(=O)C31c1ccccc1. The lowest BCUT2D eigenvalue weighted by molar-refractivity contribution is -0.111. The van der Waals surface area contributed by atoms with Crippen molar-refractivity contribution in [2.24, 2.45) is 4.99 Å². The van der Waals surface area contributed by atoms with E-state index in [0.29, 0.717) is 0 Å². The second-order valence-corrected chi connectivity index (χ2v) is 17.5. The lowest BCUT2D eigenvalue weighted by Crippen LogP contribution is -2.22. The van der Waals surface area contributed by atoms with Gasteiger partial charge in [0.25, 0.3) is 0 Å². The van der Waals surface area contributed by atoms with Gasteiger partial charge in [-0.25, -0.2) is 0 Å². The third-order valence-corrected chi connectivity index (χ3v) is 14.4. The highest BCUT2D eigenvalue weighted by Crippen LogP contribution is 2.65. The molecule has 13 rings (SSSR count). The van der Waals surface area contributed by atoms with Crippen molar-refractivity contribution in [2.45, 2.75) is 37.0 Å². The summed E-state index contributed by atoms with van der Waals surface area (Å²) >= 11 is 0. The number of ketones is 1. The van der Waals surface area contributed by atoms with Gasteiger partial charge in [-0.1, -0.05) is 177 Å². The van der Waals surface area contributed by atoms with Gasteiger partial charge in [-0.15, -0.1) is 0 Å². The van der Waals surface area contributed by atoms with E-state index < -0.39 is 5.41 Å². The number of fused-ring (bicyclic) bond motifs is 8. The third kappa shape index (κ3) is 4.98. The van der Waals surface area contributed by atoms with Crippen molar-refractivity contribution in [3.8, 4) is 33.4 Å². The first-order chi connectivity index (χ1) is 30.6. The molecule has 0 N–H and O–H groups in total. The van der Waals surface area contributed by atoms with Crippen molar-refractivity contribution >= 4 is 60.3 Å². The van der Waals surface area contributed by atoms with Gasteiger partial charge < -0.3 is 0 Å². The van der Waals surface area contributed by atoms with Crippen LogP contribution in [0.1, 0.15) is 53.0 Å². The number of aliphatic imine (C=N–C) groups is 1. The molecule has 1 heterocycles. The van der Waals surface area contributed by atoms with Gasteiger partial charge in [0, 0.05) is 11.6 Å². The maximum Gasteiger partial charge on any atom is 0.158 e. The Balaban J connectivity index is 1.05. The Morgan fingerprint density at radius 1 is 0.516 bits per heavy atom. The number of hydrogen-bond acceptors (Lipinski definition) is 2. The molecule has 10 aromatic rings. The lowest BCUT2D eigenvalue weighted by Gasteiger charge is -2.28. The summed E-state index contributed by atoms with van der Waals surface area (Å²) in [6.07, 6.45) is 1.69. The van der Waals surface area contributed by atoms with Crippen LogP contribution in [0.5, 0.6) is 0 Å². The van der Waals surface area contributed by atoms with E-state index in [1.807, 2.05) is 6.07 Å². The molecule has 0 bridgehead atoms. The molecular weight excluding hydrogens is 751 g/mol. The third-order valence-electron chi connectivity index (χ3n) is 14.4. The molecule has 0 amide bonds. The predicted octanol–water partition coefficient (Wildman–Crippen LogP) is 15.1. The average Bonchev–Trinajstić information content (AvgIpc) is 3.77. The number of hydrogen-bond donors (Lipinski definition) is 0. The summed E-state index contributed by atoms with van der Waals surface area (Å²) in [6.45, 7) is 2.22. The molecule has 1 fully saturated rings. The predicted molar refractivity (Wildman–Crippen MR) is 258 cm³/mol. The molecule has 0 spiro atoms. The fraction of sp³-hybridized carbons (Fsp3) is 0.100. The van der Waals surface area contributed by atoms with Gasteiger partial charge in [0.15, 0.2) is 5.78 Å². The fourth-order valence-corrected chi connectivity index (χ4v) is 11.6. The molecule has 292 valence electrons. The van der Waals surface area contributed by atoms with Crippen molar-refractivity contribution < 1.29 is 4.79 Å². The summed E-state index contributed by atoms with van der Waals surface area (Å²) in [6, 6.07) is 71.0. The first kappa shape index (κ1) is 35.3. The Morgan fingerprint density at radius 3 is 1.79 bits per heavy atom. The van der Waals surface area contributed by atoms with Gasteiger partial charge in [-0.3, -0.25) is 9.79 Å². The Hall–Kier alpha value is -7.42. The van der Waals surface area contributed by atoms with Crippen LogP contribution in [0.15, 0.2) is 199 Å². The molecule has 3 unspecified atom stereocenters. The molecule has 2 nitrogen and oxygen atoms in total. The summed E-state index contributed by atoms with van der Waals surface area (Å²) in [5, 5.41) is 9.87. The lowest BCUT2D eigenvalue weighted by atomic mass is 9.73. The van der Waals surface area contributed by atoms with Crippen molar-refractivity contribution in [1.82, 2.24) is 0 Å². The quantitative estimate of drug-likeness (QED) is 0.160. The molecule has 10 aromatic carbocycles. The van der Waals surface area contributed by atoms with Gasteiger partial charge in [-0.2, -0.15) is 0 Å². The maximum absolute atomic E-state index is 14.7.